The number of para-hydroxylation sites is 1. The predicted octanol–water partition coefficient (Wildman–Crippen LogP) is 4.20. The van der Waals surface area contributed by atoms with Crippen molar-refractivity contribution in [3.63, 3.8) is 0 Å². The van der Waals surface area contributed by atoms with Crippen molar-refractivity contribution in [2.45, 2.75) is 23.0 Å². The number of nitrogens with zero attached hydrogens (tertiary/aromatic N) is 3. The number of pyridine rings is 1. The Balaban J connectivity index is 1.27. The summed E-state index contributed by atoms with van der Waals surface area (Å²) in [5.74, 6) is 0.676. The highest BCUT2D eigenvalue weighted by Gasteiger charge is 2.31. The molecule has 0 bridgehead atoms. The number of thiazole rings is 1. The topological polar surface area (TPSA) is 58.1 Å². The molecule has 1 N–H and O–H groups in total. The van der Waals surface area contributed by atoms with Crippen LogP contribution in [0.1, 0.15) is 12.0 Å². The smallest absolute Gasteiger partial charge is 0.354 e. The largest absolute Gasteiger partial charge is 0.417 e. The molecule has 1 aliphatic rings. The zero-order chi connectivity index (χ0) is 20.4. The highest BCUT2D eigenvalue weighted by atomic mass is 32.2. The minimum Gasteiger partial charge on any atom is -0.354 e. The number of nitrogens with one attached hydrogen (secondary N) is 1. The molecule has 152 valence electrons. The van der Waals surface area contributed by atoms with Crippen molar-refractivity contribution < 1.29 is 18.0 Å². The summed E-state index contributed by atoms with van der Waals surface area (Å²) in [4.78, 5) is 22.6. The van der Waals surface area contributed by atoms with Crippen LogP contribution in [0.15, 0.2) is 46.9 Å². The summed E-state index contributed by atoms with van der Waals surface area (Å²) in [6.45, 7) is 1.16. The molecule has 1 saturated heterocycles. The van der Waals surface area contributed by atoms with E-state index in [4.69, 9.17) is 0 Å². The molecule has 1 aliphatic heterocycles. The number of aromatic nitrogens is 2. The molecule has 0 unspecified atom stereocenters. The van der Waals surface area contributed by atoms with Crippen LogP contribution in [-0.2, 0) is 11.0 Å². The Morgan fingerprint density at radius 3 is 2.83 bits per heavy atom. The average molecular weight is 439 g/mol. The standard InChI is InChI=1S/C19H17F3N4OS2/c20-19(21,22)12-5-6-16(23-9-12)26-8-7-13(10-26)24-17(27)11-28-18-25-14-3-1-2-4-15(14)29-18/h1-6,9,13H,7-8,10-11H2,(H,24,27)/t13-/m0/s1. The minimum absolute atomic E-state index is 0.0532. The summed E-state index contributed by atoms with van der Waals surface area (Å²) < 4.78 is 39.9. The number of alkyl halides is 3. The number of hydrogen-bond acceptors (Lipinski definition) is 6. The molecule has 0 saturated carbocycles. The molecule has 4 rings (SSSR count). The van der Waals surface area contributed by atoms with Crippen LogP contribution >= 0.6 is 23.1 Å². The quantitative estimate of drug-likeness (QED) is 0.605. The van der Waals surface area contributed by atoms with Gasteiger partial charge in [-0.3, -0.25) is 4.79 Å². The van der Waals surface area contributed by atoms with E-state index in [9.17, 15) is 18.0 Å². The van der Waals surface area contributed by atoms with Crippen LogP contribution < -0.4 is 10.2 Å². The van der Waals surface area contributed by atoms with Gasteiger partial charge in [0.15, 0.2) is 4.34 Å². The van der Waals surface area contributed by atoms with Crippen LogP contribution in [0.4, 0.5) is 19.0 Å². The molecule has 3 aromatic rings. The molecule has 2 aromatic heterocycles. The zero-order valence-electron chi connectivity index (χ0n) is 15.1. The maximum atomic E-state index is 12.7. The third-order valence-corrected chi connectivity index (χ3v) is 6.73. The number of anilines is 1. The fourth-order valence-electron chi connectivity index (χ4n) is 3.14. The predicted molar refractivity (Wildman–Crippen MR) is 108 cm³/mol. The van der Waals surface area contributed by atoms with E-state index in [1.54, 1.807) is 11.3 Å². The molecule has 1 atom stereocenters. The summed E-state index contributed by atoms with van der Waals surface area (Å²) in [6, 6.07) is 10.2. The molecule has 1 amide bonds. The van der Waals surface area contributed by atoms with Crippen molar-refractivity contribution in [1.82, 2.24) is 15.3 Å². The van der Waals surface area contributed by atoms with E-state index in [1.165, 1.54) is 17.8 Å². The average Bonchev–Trinajstić information content (AvgIpc) is 3.32. The number of carbonyl (C=O) groups excluding carboxylic acids is 1. The second kappa shape index (κ2) is 8.19. The lowest BCUT2D eigenvalue weighted by Crippen LogP contribution is -2.38. The van der Waals surface area contributed by atoms with Crippen LogP contribution in [-0.4, -0.2) is 40.8 Å². The Morgan fingerprint density at radius 1 is 1.28 bits per heavy atom. The van der Waals surface area contributed by atoms with Crippen LogP contribution in [0, 0.1) is 0 Å². The van der Waals surface area contributed by atoms with Crippen molar-refractivity contribution in [1.29, 1.82) is 0 Å². The SMILES string of the molecule is O=C(CSc1nc2ccccc2s1)N[C@H]1CCN(c2ccc(C(F)(F)F)cn2)C1. The molecule has 5 nitrogen and oxygen atoms in total. The highest BCUT2D eigenvalue weighted by molar-refractivity contribution is 8.01. The van der Waals surface area contributed by atoms with E-state index in [0.717, 1.165) is 33.2 Å². The Hall–Kier alpha value is -2.33. The monoisotopic (exact) mass is 438 g/mol. The number of hydrogen-bond donors (Lipinski definition) is 1. The first-order chi connectivity index (χ1) is 13.9. The molecule has 0 spiro atoms. The molecule has 3 heterocycles. The minimum atomic E-state index is -4.39. The van der Waals surface area contributed by atoms with E-state index in [2.05, 4.69) is 15.3 Å². The Labute approximate surface area is 173 Å². The van der Waals surface area contributed by atoms with Gasteiger partial charge in [-0.25, -0.2) is 9.97 Å². The van der Waals surface area contributed by atoms with Crippen molar-refractivity contribution in [2.75, 3.05) is 23.7 Å². The number of amides is 1. The van der Waals surface area contributed by atoms with E-state index in [0.29, 0.717) is 18.9 Å². The van der Waals surface area contributed by atoms with Gasteiger partial charge in [0.1, 0.15) is 5.82 Å². The lowest BCUT2D eigenvalue weighted by atomic mass is 10.2. The number of carbonyl (C=O) groups is 1. The van der Waals surface area contributed by atoms with Gasteiger partial charge < -0.3 is 10.2 Å². The van der Waals surface area contributed by atoms with Gasteiger partial charge in [0.25, 0.3) is 0 Å². The summed E-state index contributed by atoms with van der Waals surface area (Å²) >= 11 is 2.96. The summed E-state index contributed by atoms with van der Waals surface area (Å²) in [6.07, 6.45) is -2.83. The summed E-state index contributed by atoms with van der Waals surface area (Å²) in [5.41, 5.74) is 0.160. The van der Waals surface area contributed by atoms with Crippen LogP contribution in [0.2, 0.25) is 0 Å². The number of rotatable bonds is 5. The van der Waals surface area contributed by atoms with Crippen molar-refractivity contribution in [2.24, 2.45) is 0 Å². The zero-order valence-corrected chi connectivity index (χ0v) is 16.8. The molecular weight excluding hydrogens is 421 g/mol. The fourth-order valence-corrected chi connectivity index (χ4v) is 5.02. The van der Waals surface area contributed by atoms with Crippen molar-refractivity contribution in [3.05, 3.63) is 48.2 Å². The first-order valence-corrected chi connectivity index (χ1v) is 10.7. The molecule has 0 radical (unpaired) electrons. The summed E-state index contributed by atoms with van der Waals surface area (Å²) in [5, 5.41) is 2.99. The second-order valence-electron chi connectivity index (χ2n) is 6.64. The van der Waals surface area contributed by atoms with Gasteiger partial charge in [-0.1, -0.05) is 23.9 Å². The van der Waals surface area contributed by atoms with Crippen LogP contribution in [0.3, 0.4) is 0 Å². The number of fused-ring (bicyclic) bond motifs is 1. The molecule has 1 fully saturated rings. The molecular formula is C19H17F3N4OS2. The molecule has 0 aliphatic carbocycles. The van der Waals surface area contributed by atoms with E-state index in [1.807, 2.05) is 29.2 Å². The van der Waals surface area contributed by atoms with Crippen LogP contribution in [0.5, 0.6) is 0 Å². The molecule has 29 heavy (non-hydrogen) atoms. The third kappa shape index (κ3) is 4.81. The first kappa shape index (κ1) is 20.0. The van der Waals surface area contributed by atoms with Gasteiger partial charge in [0.2, 0.25) is 5.91 Å². The van der Waals surface area contributed by atoms with Crippen molar-refractivity contribution in [3.8, 4) is 0 Å². The lowest BCUT2D eigenvalue weighted by molar-refractivity contribution is -0.137. The molecule has 10 heteroatoms. The lowest BCUT2D eigenvalue weighted by Gasteiger charge is -2.18. The second-order valence-corrected chi connectivity index (χ2v) is 8.89. The number of thioether (sulfide) groups is 1. The van der Waals surface area contributed by atoms with Crippen LogP contribution in [0.25, 0.3) is 10.2 Å². The Morgan fingerprint density at radius 2 is 2.10 bits per heavy atom. The van der Waals surface area contributed by atoms with E-state index in [-0.39, 0.29) is 17.7 Å². The van der Waals surface area contributed by atoms with Gasteiger partial charge >= 0.3 is 6.18 Å². The third-order valence-electron chi connectivity index (χ3n) is 4.55. The van der Waals surface area contributed by atoms with E-state index < -0.39 is 11.7 Å². The number of benzene rings is 1. The van der Waals surface area contributed by atoms with Gasteiger partial charge in [-0.2, -0.15) is 13.2 Å². The van der Waals surface area contributed by atoms with Gasteiger partial charge in [-0.15, -0.1) is 11.3 Å². The Bertz CT molecular complexity index is 974. The van der Waals surface area contributed by atoms with E-state index >= 15 is 0 Å². The Kier molecular flexibility index (Phi) is 5.64. The van der Waals surface area contributed by atoms with Gasteiger partial charge in [0.05, 0.1) is 21.5 Å². The van der Waals surface area contributed by atoms with Gasteiger partial charge in [0, 0.05) is 25.3 Å². The number of halogens is 3. The maximum absolute atomic E-state index is 12.7. The van der Waals surface area contributed by atoms with Gasteiger partial charge in [-0.05, 0) is 30.7 Å². The first-order valence-electron chi connectivity index (χ1n) is 8.94. The maximum Gasteiger partial charge on any atom is 0.417 e. The summed E-state index contributed by atoms with van der Waals surface area (Å²) in [7, 11) is 0. The highest BCUT2D eigenvalue weighted by Crippen LogP contribution is 2.30. The molecule has 1 aromatic carbocycles. The fraction of sp³-hybridized carbons (Fsp3) is 0.316. The van der Waals surface area contributed by atoms with Crippen molar-refractivity contribution >= 4 is 45.0 Å². The normalized spacial score (nSPS) is 17.1.